The van der Waals surface area contributed by atoms with Gasteiger partial charge in [0.25, 0.3) is 5.79 Å². The van der Waals surface area contributed by atoms with Crippen LogP contribution in [-0.2, 0) is 19.0 Å². The number of hydrogen-bond donors (Lipinski definition) is 8. The number of carbonyl (C=O) groups is 1. The lowest BCUT2D eigenvalue weighted by molar-refractivity contribution is -0.416. The van der Waals surface area contributed by atoms with Gasteiger partial charge in [0.1, 0.15) is 49.3 Å². The van der Waals surface area contributed by atoms with Crippen LogP contribution >= 0.6 is 0 Å². The molecule has 2 aliphatic heterocycles. The number of hydrogen-bond acceptors (Lipinski definition) is 12. The fourth-order valence-corrected chi connectivity index (χ4v) is 3.10. The van der Waals surface area contributed by atoms with Crippen LogP contribution in [-0.4, -0.2) is 121 Å². The quantitative estimate of drug-likeness (QED) is 0.216. The second kappa shape index (κ2) is 7.69. The van der Waals surface area contributed by atoms with Crippen molar-refractivity contribution in [2.75, 3.05) is 19.8 Å². The monoisotopic (exact) mass is 384 g/mol. The van der Waals surface area contributed by atoms with E-state index >= 15 is 0 Å². The average Bonchev–Trinajstić information content (AvgIpc) is 2.87. The van der Waals surface area contributed by atoms with Gasteiger partial charge >= 0.3 is 0 Å². The van der Waals surface area contributed by atoms with Crippen LogP contribution in [0, 0.1) is 0 Å². The fourth-order valence-electron chi connectivity index (χ4n) is 3.10. The fraction of sp³-hybridized carbons (Fsp3) is 0.929. The lowest BCUT2D eigenvalue weighted by Gasteiger charge is -2.49. The molecule has 12 nitrogen and oxygen atoms in total. The Hall–Kier alpha value is -0.770. The molecule has 0 bridgehead atoms. The van der Waals surface area contributed by atoms with Crippen LogP contribution < -0.4 is 0 Å². The highest BCUT2D eigenvalue weighted by Gasteiger charge is 2.65. The van der Waals surface area contributed by atoms with Gasteiger partial charge in [-0.1, -0.05) is 0 Å². The zero-order valence-electron chi connectivity index (χ0n) is 13.9. The van der Waals surface area contributed by atoms with Crippen molar-refractivity contribution in [3.8, 4) is 0 Å². The second-order valence-corrected chi connectivity index (χ2v) is 6.33. The molecule has 2 rings (SSSR count). The summed E-state index contributed by atoms with van der Waals surface area (Å²) in [4.78, 5) is 12.2. The van der Waals surface area contributed by atoms with Gasteiger partial charge in [-0.2, -0.15) is 0 Å². The van der Waals surface area contributed by atoms with Crippen molar-refractivity contribution in [3.63, 3.8) is 0 Å². The Morgan fingerprint density at radius 2 is 1.42 bits per heavy atom. The molecule has 0 spiro atoms. The molecule has 8 N–H and O–H groups in total. The number of ketones is 1. The van der Waals surface area contributed by atoms with Crippen molar-refractivity contribution >= 4 is 5.78 Å². The number of aliphatic hydroxyl groups excluding tert-OH is 8. The predicted octanol–water partition coefficient (Wildman–Crippen LogP) is -5.44. The van der Waals surface area contributed by atoms with Gasteiger partial charge in [-0.3, -0.25) is 4.79 Å². The summed E-state index contributed by atoms with van der Waals surface area (Å²) in [7, 11) is 0. The van der Waals surface area contributed by atoms with Crippen LogP contribution in [0.2, 0.25) is 0 Å². The Bertz CT molecular complexity index is 514. The van der Waals surface area contributed by atoms with Gasteiger partial charge in [-0.25, -0.2) is 0 Å². The maximum atomic E-state index is 12.2. The van der Waals surface area contributed by atoms with Gasteiger partial charge in [0.05, 0.1) is 13.2 Å². The first-order chi connectivity index (χ1) is 12.1. The molecule has 2 heterocycles. The zero-order chi connectivity index (χ0) is 19.9. The van der Waals surface area contributed by atoms with Crippen molar-refractivity contribution < 1.29 is 59.9 Å². The Morgan fingerprint density at radius 3 is 1.85 bits per heavy atom. The molecule has 0 aromatic heterocycles. The highest BCUT2D eigenvalue weighted by molar-refractivity contribution is 5.84. The first kappa shape index (κ1) is 21.5. The molecule has 0 radical (unpaired) electrons. The van der Waals surface area contributed by atoms with E-state index in [1.54, 1.807) is 0 Å². The molecule has 0 aliphatic carbocycles. The van der Waals surface area contributed by atoms with Gasteiger partial charge < -0.3 is 55.1 Å². The Morgan fingerprint density at radius 1 is 0.885 bits per heavy atom. The standard InChI is InChI=1S/C14H24O12/c1-5(18)14(12(23)10(21)8(19)6(2-15)25-14)26-13(4-17)11(22)9(20)7(3-16)24-13/h6-12,15-17,19-23H,2-4H2,1H3/t6-,7-,8-,9-,10+,11+,12-,13?,14+/m1/s1. The molecule has 2 aliphatic rings. The molecule has 2 fully saturated rings. The summed E-state index contributed by atoms with van der Waals surface area (Å²) in [6.45, 7) is -1.86. The van der Waals surface area contributed by atoms with Crippen LogP contribution in [0.1, 0.15) is 6.92 Å². The molecule has 26 heavy (non-hydrogen) atoms. The van der Waals surface area contributed by atoms with E-state index in [0.29, 0.717) is 0 Å². The van der Waals surface area contributed by atoms with E-state index in [1.807, 2.05) is 0 Å². The molecular weight excluding hydrogens is 360 g/mol. The number of rotatable bonds is 6. The van der Waals surface area contributed by atoms with Crippen molar-refractivity contribution in [3.05, 3.63) is 0 Å². The molecule has 0 saturated carbocycles. The van der Waals surface area contributed by atoms with Gasteiger partial charge in [-0.05, 0) is 0 Å². The van der Waals surface area contributed by atoms with E-state index in [1.165, 1.54) is 0 Å². The van der Waals surface area contributed by atoms with Gasteiger partial charge in [0, 0.05) is 6.92 Å². The highest BCUT2D eigenvalue weighted by Crippen LogP contribution is 2.41. The summed E-state index contributed by atoms with van der Waals surface area (Å²) in [6.07, 6.45) is -12.5. The second-order valence-electron chi connectivity index (χ2n) is 6.33. The normalized spacial score (nSPS) is 49.3. The van der Waals surface area contributed by atoms with Crippen molar-refractivity contribution in [1.29, 1.82) is 0 Å². The third-order valence-corrected chi connectivity index (χ3v) is 4.67. The molecule has 152 valence electrons. The highest BCUT2D eigenvalue weighted by atomic mass is 16.8. The van der Waals surface area contributed by atoms with Crippen LogP contribution in [0.5, 0.6) is 0 Å². The smallest absolute Gasteiger partial charge is 0.261 e. The minimum atomic E-state index is -2.75. The maximum Gasteiger partial charge on any atom is 0.261 e. The minimum absolute atomic E-state index is 0.763. The van der Waals surface area contributed by atoms with Crippen LogP contribution in [0.25, 0.3) is 0 Å². The number of ether oxygens (including phenoxy) is 3. The molecule has 1 unspecified atom stereocenters. The van der Waals surface area contributed by atoms with Crippen LogP contribution in [0.3, 0.4) is 0 Å². The summed E-state index contributed by atoms with van der Waals surface area (Å²) in [5, 5.41) is 78.3. The lowest BCUT2D eigenvalue weighted by atomic mass is 9.89. The first-order valence-corrected chi connectivity index (χ1v) is 7.90. The Labute approximate surface area is 147 Å². The Kier molecular flexibility index (Phi) is 6.37. The lowest BCUT2D eigenvalue weighted by Crippen LogP contribution is -2.71. The molecule has 0 amide bonds. The third-order valence-electron chi connectivity index (χ3n) is 4.67. The van der Waals surface area contributed by atoms with Crippen LogP contribution in [0.15, 0.2) is 0 Å². The predicted molar refractivity (Wildman–Crippen MR) is 78.3 cm³/mol. The molecule has 0 aromatic rings. The molecular formula is C14H24O12. The molecule has 0 aromatic carbocycles. The average molecular weight is 384 g/mol. The van der Waals surface area contributed by atoms with Crippen molar-refractivity contribution in [1.82, 2.24) is 0 Å². The first-order valence-electron chi connectivity index (χ1n) is 7.90. The zero-order valence-corrected chi connectivity index (χ0v) is 13.9. The van der Waals surface area contributed by atoms with E-state index < -0.39 is 79.9 Å². The Balaban J connectivity index is 2.45. The van der Waals surface area contributed by atoms with E-state index in [4.69, 9.17) is 14.2 Å². The molecule has 2 saturated heterocycles. The molecule has 9 atom stereocenters. The third kappa shape index (κ3) is 3.16. The van der Waals surface area contributed by atoms with Gasteiger partial charge in [0.15, 0.2) is 5.78 Å². The summed E-state index contributed by atoms with van der Waals surface area (Å²) < 4.78 is 15.7. The summed E-state index contributed by atoms with van der Waals surface area (Å²) in [5.74, 6) is -6.29. The SMILES string of the molecule is CC(=O)[C@@]1(OC2(CO)O[C@H](CO)[C@@H](O)[C@@H]2O)O[C@H](CO)[C@@H](O)[C@H](O)[C@H]1O. The van der Waals surface area contributed by atoms with E-state index in [0.717, 1.165) is 6.92 Å². The van der Waals surface area contributed by atoms with Gasteiger partial charge in [-0.15, -0.1) is 0 Å². The minimum Gasteiger partial charge on any atom is -0.394 e. The summed E-state index contributed by atoms with van der Waals surface area (Å²) in [6, 6.07) is 0. The summed E-state index contributed by atoms with van der Waals surface area (Å²) in [5.41, 5.74) is 0. The maximum absolute atomic E-state index is 12.2. The largest absolute Gasteiger partial charge is 0.394 e. The van der Waals surface area contributed by atoms with Crippen LogP contribution in [0.4, 0.5) is 0 Å². The van der Waals surface area contributed by atoms with Crippen molar-refractivity contribution in [2.24, 2.45) is 0 Å². The van der Waals surface area contributed by atoms with Gasteiger partial charge in [0.2, 0.25) is 5.79 Å². The van der Waals surface area contributed by atoms with E-state index in [9.17, 15) is 45.6 Å². The number of aliphatic hydroxyl groups is 8. The topological polar surface area (TPSA) is 207 Å². The summed E-state index contributed by atoms with van der Waals surface area (Å²) >= 11 is 0. The van der Waals surface area contributed by atoms with E-state index in [2.05, 4.69) is 0 Å². The van der Waals surface area contributed by atoms with E-state index in [-0.39, 0.29) is 0 Å². The van der Waals surface area contributed by atoms with Crippen molar-refractivity contribution in [2.45, 2.75) is 61.2 Å². The number of Topliss-reactive ketones (excluding diaryl/α,β-unsaturated/α-hetero) is 1. The molecule has 12 heteroatoms. The number of carbonyl (C=O) groups excluding carboxylic acids is 1.